The Labute approximate surface area is 115 Å². The van der Waals surface area contributed by atoms with Crippen LogP contribution in [-0.2, 0) is 22.2 Å². The molecule has 0 spiro atoms. The molecule has 1 heterocycles. The molecule has 102 valence electrons. The van der Waals surface area contributed by atoms with Gasteiger partial charge in [-0.2, -0.15) is 0 Å². The van der Waals surface area contributed by atoms with Gasteiger partial charge in [-0.05, 0) is 12.5 Å². The van der Waals surface area contributed by atoms with Crippen molar-refractivity contribution in [3.05, 3.63) is 46.7 Å². The van der Waals surface area contributed by atoms with Crippen LogP contribution in [0.25, 0.3) is 0 Å². The highest BCUT2D eigenvalue weighted by molar-refractivity contribution is 7.92. The van der Waals surface area contributed by atoms with Crippen LogP contribution in [0.3, 0.4) is 0 Å². The lowest BCUT2D eigenvalue weighted by Crippen LogP contribution is -2.15. The van der Waals surface area contributed by atoms with Crippen molar-refractivity contribution in [3.8, 4) is 0 Å². The number of halogens is 1. The highest BCUT2D eigenvalue weighted by Gasteiger charge is 2.16. The van der Waals surface area contributed by atoms with E-state index in [2.05, 4.69) is 9.71 Å². The van der Waals surface area contributed by atoms with Crippen LogP contribution in [0.1, 0.15) is 17.4 Å². The van der Waals surface area contributed by atoms with Crippen LogP contribution in [-0.4, -0.2) is 13.4 Å². The Balaban J connectivity index is 2.13. The SMILES string of the molecule is CCc1cnc(NS(=O)(=O)Cc2ccccc2F)s1. The molecule has 0 aliphatic heterocycles. The van der Waals surface area contributed by atoms with Gasteiger partial charge in [-0.25, -0.2) is 17.8 Å². The van der Waals surface area contributed by atoms with Gasteiger partial charge in [0.1, 0.15) is 5.82 Å². The molecule has 2 aromatic rings. The Bertz CT molecular complexity index is 668. The smallest absolute Gasteiger partial charge is 0.238 e. The fraction of sp³-hybridized carbons (Fsp3) is 0.250. The molecular formula is C12H13FN2O2S2. The maximum Gasteiger partial charge on any atom is 0.238 e. The third-order valence-corrected chi connectivity index (χ3v) is 4.83. The number of aromatic nitrogens is 1. The first-order valence-corrected chi connectivity index (χ1v) is 8.15. The average Bonchev–Trinajstić information content (AvgIpc) is 2.78. The van der Waals surface area contributed by atoms with Crippen molar-refractivity contribution in [3.63, 3.8) is 0 Å². The highest BCUT2D eigenvalue weighted by atomic mass is 32.2. The zero-order valence-electron chi connectivity index (χ0n) is 10.3. The minimum absolute atomic E-state index is 0.141. The average molecular weight is 300 g/mol. The van der Waals surface area contributed by atoms with E-state index in [9.17, 15) is 12.8 Å². The lowest BCUT2D eigenvalue weighted by Gasteiger charge is -2.05. The van der Waals surface area contributed by atoms with E-state index in [1.54, 1.807) is 12.3 Å². The molecule has 1 aromatic heterocycles. The molecule has 0 amide bonds. The molecule has 1 aromatic carbocycles. The minimum Gasteiger partial charge on any atom is -0.258 e. The van der Waals surface area contributed by atoms with E-state index < -0.39 is 21.6 Å². The standard InChI is InChI=1S/C12H13FN2O2S2/c1-2-10-7-14-12(18-10)15-19(16,17)8-9-5-3-4-6-11(9)13/h3-7H,2,8H2,1H3,(H,14,15). The number of rotatable bonds is 5. The van der Waals surface area contributed by atoms with Crippen molar-refractivity contribution in [1.82, 2.24) is 4.98 Å². The first-order valence-electron chi connectivity index (χ1n) is 5.69. The first kappa shape index (κ1) is 14.0. The summed E-state index contributed by atoms with van der Waals surface area (Å²) in [6, 6.07) is 5.82. The topological polar surface area (TPSA) is 59.1 Å². The van der Waals surface area contributed by atoms with Gasteiger partial charge in [-0.1, -0.05) is 25.1 Å². The maximum atomic E-state index is 13.4. The third kappa shape index (κ3) is 3.74. The fourth-order valence-electron chi connectivity index (χ4n) is 1.51. The van der Waals surface area contributed by atoms with Gasteiger partial charge >= 0.3 is 0 Å². The van der Waals surface area contributed by atoms with Crippen molar-refractivity contribution < 1.29 is 12.8 Å². The Morgan fingerprint density at radius 1 is 1.37 bits per heavy atom. The van der Waals surface area contributed by atoms with Gasteiger partial charge in [0, 0.05) is 16.6 Å². The normalized spacial score (nSPS) is 11.5. The summed E-state index contributed by atoms with van der Waals surface area (Å²) in [6.45, 7) is 1.96. The van der Waals surface area contributed by atoms with E-state index in [1.807, 2.05) is 6.92 Å². The van der Waals surface area contributed by atoms with Gasteiger partial charge in [0.2, 0.25) is 10.0 Å². The summed E-state index contributed by atoms with van der Waals surface area (Å²) in [6.07, 6.45) is 2.43. The van der Waals surface area contributed by atoms with Crippen LogP contribution in [0, 0.1) is 5.82 Å². The Kier molecular flexibility index (Phi) is 4.16. The van der Waals surface area contributed by atoms with E-state index in [-0.39, 0.29) is 5.56 Å². The molecule has 0 atom stereocenters. The molecule has 4 nitrogen and oxygen atoms in total. The zero-order valence-corrected chi connectivity index (χ0v) is 11.9. The van der Waals surface area contributed by atoms with Gasteiger partial charge in [0.15, 0.2) is 5.13 Å². The first-order chi connectivity index (χ1) is 9.00. The number of benzene rings is 1. The molecule has 2 rings (SSSR count). The second-order valence-corrected chi connectivity index (χ2v) is 6.78. The van der Waals surface area contributed by atoms with Gasteiger partial charge in [0.05, 0.1) is 5.75 Å². The second-order valence-electron chi connectivity index (χ2n) is 3.94. The highest BCUT2D eigenvalue weighted by Crippen LogP contribution is 2.21. The molecule has 0 fully saturated rings. The van der Waals surface area contributed by atoms with Crippen LogP contribution < -0.4 is 4.72 Å². The number of nitrogens with one attached hydrogen (secondary N) is 1. The molecule has 0 radical (unpaired) electrons. The second kappa shape index (κ2) is 5.66. The predicted molar refractivity (Wildman–Crippen MR) is 74.1 cm³/mol. The quantitative estimate of drug-likeness (QED) is 0.923. The van der Waals surface area contributed by atoms with E-state index in [0.717, 1.165) is 11.3 Å². The van der Waals surface area contributed by atoms with Crippen molar-refractivity contribution in [2.45, 2.75) is 19.1 Å². The van der Waals surface area contributed by atoms with Crippen molar-refractivity contribution >= 4 is 26.5 Å². The lowest BCUT2D eigenvalue weighted by atomic mass is 10.2. The monoisotopic (exact) mass is 300 g/mol. The number of hydrogen-bond acceptors (Lipinski definition) is 4. The molecule has 0 aliphatic rings. The summed E-state index contributed by atoms with van der Waals surface area (Å²) in [5.74, 6) is -0.929. The van der Waals surface area contributed by atoms with Crippen LogP contribution in [0.5, 0.6) is 0 Å². The van der Waals surface area contributed by atoms with Crippen LogP contribution in [0.4, 0.5) is 9.52 Å². The minimum atomic E-state index is -3.65. The molecular weight excluding hydrogens is 287 g/mol. The molecule has 0 aliphatic carbocycles. The Morgan fingerprint density at radius 2 is 2.11 bits per heavy atom. The summed E-state index contributed by atoms with van der Waals surface area (Å²) in [7, 11) is -3.65. The molecule has 19 heavy (non-hydrogen) atoms. The number of sulfonamides is 1. The largest absolute Gasteiger partial charge is 0.258 e. The number of nitrogens with zero attached hydrogens (tertiary/aromatic N) is 1. The summed E-state index contributed by atoms with van der Waals surface area (Å²) in [5.41, 5.74) is 0.141. The summed E-state index contributed by atoms with van der Waals surface area (Å²) in [4.78, 5) is 4.96. The third-order valence-electron chi connectivity index (χ3n) is 2.45. The Hall–Kier alpha value is -1.47. The van der Waals surface area contributed by atoms with Crippen molar-refractivity contribution in [2.24, 2.45) is 0 Å². The number of aryl methyl sites for hydroxylation is 1. The van der Waals surface area contributed by atoms with E-state index in [4.69, 9.17) is 0 Å². The van der Waals surface area contributed by atoms with Crippen molar-refractivity contribution in [2.75, 3.05) is 4.72 Å². The lowest BCUT2D eigenvalue weighted by molar-refractivity contribution is 0.591. The molecule has 0 saturated heterocycles. The Morgan fingerprint density at radius 3 is 2.74 bits per heavy atom. The molecule has 0 bridgehead atoms. The maximum absolute atomic E-state index is 13.4. The molecule has 0 saturated carbocycles. The van der Waals surface area contributed by atoms with Gasteiger partial charge < -0.3 is 0 Å². The van der Waals surface area contributed by atoms with Gasteiger partial charge in [0.25, 0.3) is 0 Å². The van der Waals surface area contributed by atoms with Crippen LogP contribution >= 0.6 is 11.3 Å². The summed E-state index contributed by atoms with van der Waals surface area (Å²) < 4.78 is 39.6. The molecule has 1 N–H and O–H groups in total. The molecule has 7 heteroatoms. The number of hydrogen-bond donors (Lipinski definition) is 1. The van der Waals surface area contributed by atoms with Crippen LogP contribution in [0.2, 0.25) is 0 Å². The zero-order chi connectivity index (χ0) is 13.9. The van der Waals surface area contributed by atoms with E-state index in [1.165, 1.54) is 29.5 Å². The fourth-order valence-corrected chi connectivity index (χ4v) is 3.69. The van der Waals surface area contributed by atoms with Crippen LogP contribution in [0.15, 0.2) is 30.5 Å². The predicted octanol–water partition coefficient (Wildman–Crippen LogP) is 2.79. The summed E-state index contributed by atoms with van der Waals surface area (Å²) >= 11 is 1.28. The van der Waals surface area contributed by atoms with Crippen molar-refractivity contribution in [1.29, 1.82) is 0 Å². The number of thiazole rings is 1. The summed E-state index contributed by atoms with van der Waals surface area (Å²) in [5, 5.41) is 0.313. The van der Waals surface area contributed by atoms with E-state index in [0.29, 0.717) is 5.13 Å². The number of anilines is 1. The molecule has 0 unspecified atom stereocenters. The van der Waals surface area contributed by atoms with Gasteiger partial charge in [-0.3, -0.25) is 4.72 Å². The van der Waals surface area contributed by atoms with E-state index >= 15 is 0 Å². The van der Waals surface area contributed by atoms with Gasteiger partial charge in [-0.15, -0.1) is 11.3 Å².